The third-order valence-corrected chi connectivity index (χ3v) is 2.77. The first-order valence-corrected chi connectivity index (χ1v) is 6.54. The lowest BCUT2D eigenvalue weighted by molar-refractivity contribution is -0.151. The highest BCUT2D eigenvalue weighted by atomic mass is 35.5. The summed E-state index contributed by atoms with van der Waals surface area (Å²) >= 11 is 5.80. The molecular weight excluding hydrogens is 268 g/mol. The van der Waals surface area contributed by atoms with E-state index in [0.717, 1.165) is 0 Å². The van der Waals surface area contributed by atoms with E-state index in [2.05, 4.69) is 0 Å². The summed E-state index contributed by atoms with van der Waals surface area (Å²) in [6, 6.07) is 6.77. The predicted octanol–water partition coefficient (Wildman–Crippen LogP) is 2.94. The van der Waals surface area contributed by atoms with E-state index in [1.54, 1.807) is 38.1 Å². The Kier molecular flexibility index (Phi) is 6.36. The van der Waals surface area contributed by atoms with Gasteiger partial charge < -0.3 is 9.47 Å². The van der Waals surface area contributed by atoms with Crippen molar-refractivity contribution in [2.24, 2.45) is 0 Å². The first-order chi connectivity index (χ1) is 9.08. The van der Waals surface area contributed by atoms with E-state index in [4.69, 9.17) is 21.1 Å². The maximum atomic E-state index is 11.9. The molecule has 4 nitrogen and oxygen atoms in total. The fourth-order valence-electron chi connectivity index (χ4n) is 1.66. The maximum Gasteiger partial charge on any atom is 0.313 e. The van der Waals surface area contributed by atoms with Gasteiger partial charge in [0.05, 0.1) is 25.6 Å². The fourth-order valence-corrected chi connectivity index (χ4v) is 1.79. The molecule has 19 heavy (non-hydrogen) atoms. The summed E-state index contributed by atoms with van der Waals surface area (Å²) in [5.74, 6) is -1.51. The number of halogens is 1. The number of ether oxygens (including phenoxy) is 2. The van der Waals surface area contributed by atoms with Crippen molar-refractivity contribution in [3.63, 3.8) is 0 Å². The number of carbonyl (C=O) groups excluding carboxylic acids is 2. The zero-order valence-corrected chi connectivity index (χ0v) is 11.8. The van der Waals surface area contributed by atoms with E-state index in [1.807, 2.05) is 0 Å². The molecule has 104 valence electrons. The van der Waals surface area contributed by atoms with Gasteiger partial charge in [-0.25, -0.2) is 0 Å². The van der Waals surface area contributed by atoms with Gasteiger partial charge >= 0.3 is 11.9 Å². The van der Waals surface area contributed by atoms with Crippen molar-refractivity contribution in [2.75, 3.05) is 13.2 Å². The second-order valence-electron chi connectivity index (χ2n) is 3.87. The SMILES string of the molecule is CCOC(=O)CC(C(=O)OCC)c1ccc(Cl)cc1. The van der Waals surface area contributed by atoms with Gasteiger partial charge in [-0.1, -0.05) is 23.7 Å². The van der Waals surface area contributed by atoms with E-state index < -0.39 is 17.9 Å². The van der Waals surface area contributed by atoms with E-state index in [9.17, 15) is 9.59 Å². The topological polar surface area (TPSA) is 52.6 Å². The highest BCUT2D eigenvalue weighted by molar-refractivity contribution is 6.30. The number of hydrogen-bond donors (Lipinski definition) is 0. The Bertz CT molecular complexity index is 428. The van der Waals surface area contributed by atoms with Crippen LogP contribution in [0.4, 0.5) is 0 Å². The average Bonchev–Trinajstić information content (AvgIpc) is 2.38. The van der Waals surface area contributed by atoms with E-state index in [0.29, 0.717) is 10.6 Å². The van der Waals surface area contributed by atoms with E-state index >= 15 is 0 Å². The van der Waals surface area contributed by atoms with Gasteiger partial charge in [0, 0.05) is 5.02 Å². The van der Waals surface area contributed by atoms with Crippen molar-refractivity contribution >= 4 is 23.5 Å². The van der Waals surface area contributed by atoms with Crippen LogP contribution in [0.15, 0.2) is 24.3 Å². The van der Waals surface area contributed by atoms with Crippen molar-refractivity contribution in [1.82, 2.24) is 0 Å². The summed E-state index contributed by atoms with van der Waals surface area (Å²) in [5.41, 5.74) is 0.691. The van der Waals surface area contributed by atoms with Crippen molar-refractivity contribution in [2.45, 2.75) is 26.2 Å². The monoisotopic (exact) mass is 284 g/mol. The van der Waals surface area contributed by atoms with E-state index in [1.165, 1.54) is 0 Å². The first-order valence-electron chi connectivity index (χ1n) is 6.16. The van der Waals surface area contributed by atoms with Crippen LogP contribution in [0.1, 0.15) is 31.7 Å². The van der Waals surface area contributed by atoms with Crippen LogP contribution in [0, 0.1) is 0 Å². The molecule has 0 amide bonds. The third kappa shape index (κ3) is 4.91. The number of rotatable bonds is 6. The average molecular weight is 285 g/mol. The Morgan fingerprint density at radius 2 is 1.68 bits per heavy atom. The van der Waals surface area contributed by atoms with Gasteiger partial charge in [-0.3, -0.25) is 9.59 Å². The van der Waals surface area contributed by atoms with Crippen molar-refractivity contribution in [3.05, 3.63) is 34.9 Å². The maximum absolute atomic E-state index is 11.9. The van der Waals surface area contributed by atoms with Gasteiger partial charge in [0.1, 0.15) is 0 Å². The van der Waals surface area contributed by atoms with Crippen LogP contribution >= 0.6 is 11.6 Å². The molecule has 0 aliphatic rings. The molecule has 0 aliphatic heterocycles. The second-order valence-corrected chi connectivity index (χ2v) is 4.30. The van der Waals surface area contributed by atoms with Crippen LogP contribution in [-0.2, 0) is 19.1 Å². The normalized spacial score (nSPS) is 11.7. The molecule has 0 N–H and O–H groups in total. The molecule has 5 heteroatoms. The van der Waals surface area contributed by atoms with Gasteiger partial charge in [-0.15, -0.1) is 0 Å². The van der Waals surface area contributed by atoms with Gasteiger partial charge in [0.15, 0.2) is 0 Å². The van der Waals surface area contributed by atoms with Gasteiger partial charge in [0.2, 0.25) is 0 Å². The Labute approximate surface area is 117 Å². The summed E-state index contributed by atoms with van der Waals surface area (Å²) in [6.07, 6.45) is -0.0334. The summed E-state index contributed by atoms with van der Waals surface area (Å²) in [6.45, 7) is 4.00. The molecule has 0 radical (unpaired) electrons. The lowest BCUT2D eigenvalue weighted by atomic mass is 9.96. The summed E-state index contributed by atoms with van der Waals surface area (Å²) in [4.78, 5) is 23.5. The minimum Gasteiger partial charge on any atom is -0.466 e. The highest BCUT2D eigenvalue weighted by Crippen LogP contribution is 2.23. The van der Waals surface area contributed by atoms with Gasteiger partial charge in [0.25, 0.3) is 0 Å². The molecule has 0 spiro atoms. The van der Waals surface area contributed by atoms with Crippen LogP contribution in [-0.4, -0.2) is 25.2 Å². The predicted molar refractivity (Wildman–Crippen MR) is 72.1 cm³/mol. The minimum atomic E-state index is -0.656. The summed E-state index contributed by atoms with van der Waals surface area (Å²) in [5, 5.41) is 0.572. The Morgan fingerprint density at radius 3 is 2.21 bits per heavy atom. The fraction of sp³-hybridized carbons (Fsp3) is 0.429. The molecule has 1 aromatic carbocycles. The molecule has 0 aliphatic carbocycles. The van der Waals surface area contributed by atoms with Crippen LogP contribution in [0.3, 0.4) is 0 Å². The number of benzene rings is 1. The van der Waals surface area contributed by atoms with Gasteiger partial charge in [-0.2, -0.15) is 0 Å². The molecule has 0 aromatic heterocycles. The standard InChI is InChI=1S/C14H17ClO4/c1-3-18-13(16)9-12(14(17)19-4-2)10-5-7-11(15)8-6-10/h5-8,12H,3-4,9H2,1-2H3. The number of carbonyl (C=O) groups is 2. The largest absolute Gasteiger partial charge is 0.466 e. The Balaban J connectivity index is 2.88. The molecule has 0 fully saturated rings. The van der Waals surface area contributed by atoms with Crippen LogP contribution in [0.5, 0.6) is 0 Å². The zero-order chi connectivity index (χ0) is 14.3. The molecule has 1 aromatic rings. The molecule has 1 atom stereocenters. The summed E-state index contributed by atoms with van der Waals surface area (Å²) in [7, 11) is 0. The molecule has 1 unspecified atom stereocenters. The Hall–Kier alpha value is -1.55. The first kappa shape index (κ1) is 15.5. The van der Waals surface area contributed by atoms with Crippen LogP contribution in [0.25, 0.3) is 0 Å². The van der Waals surface area contributed by atoms with Gasteiger partial charge in [-0.05, 0) is 31.5 Å². The lowest BCUT2D eigenvalue weighted by Gasteiger charge is -2.15. The lowest BCUT2D eigenvalue weighted by Crippen LogP contribution is -2.20. The molecule has 0 saturated carbocycles. The van der Waals surface area contributed by atoms with Crippen LogP contribution < -0.4 is 0 Å². The molecule has 0 saturated heterocycles. The Morgan fingerprint density at radius 1 is 1.11 bits per heavy atom. The summed E-state index contributed by atoms with van der Waals surface area (Å²) < 4.78 is 9.86. The van der Waals surface area contributed by atoms with Crippen LogP contribution in [0.2, 0.25) is 5.02 Å². The highest BCUT2D eigenvalue weighted by Gasteiger charge is 2.25. The molecule has 0 heterocycles. The molecular formula is C14H17ClO4. The van der Waals surface area contributed by atoms with Crippen molar-refractivity contribution in [3.8, 4) is 0 Å². The van der Waals surface area contributed by atoms with E-state index in [-0.39, 0.29) is 19.6 Å². The zero-order valence-electron chi connectivity index (χ0n) is 11.0. The van der Waals surface area contributed by atoms with Crippen molar-refractivity contribution in [1.29, 1.82) is 0 Å². The number of hydrogen-bond acceptors (Lipinski definition) is 4. The second kappa shape index (κ2) is 7.79. The third-order valence-electron chi connectivity index (χ3n) is 2.52. The molecule has 0 bridgehead atoms. The molecule has 1 rings (SSSR count). The number of esters is 2. The van der Waals surface area contributed by atoms with Crippen molar-refractivity contribution < 1.29 is 19.1 Å². The smallest absolute Gasteiger partial charge is 0.313 e. The quantitative estimate of drug-likeness (QED) is 0.754. The minimum absolute atomic E-state index is 0.0334.